The predicted octanol–water partition coefficient (Wildman–Crippen LogP) is 11.0. The number of benzene rings is 3. The highest BCUT2D eigenvalue weighted by molar-refractivity contribution is 6.17. The Bertz CT molecular complexity index is 2080. The van der Waals surface area contributed by atoms with Crippen LogP contribution in [0.3, 0.4) is 0 Å². The van der Waals surface area contributed by atoms with Crippen LogP contribution in [0.5, 0.6) is 0 Å². The van der Waals surface area contributed by atoms with Crippen LogP contribution in [-0.2, 0) is 10.8 Å². The van der Waals surface area contributed by atoms with Crippen molar-refractivity contribution in [3.05, 3.63) is 137 Å². The molecule has 0 spiro atoms. The van der Waals surface area contributed by atoms with Crippen LogP contribution in [0.2, 0.25) is 0 Å². The second-order valence-electron chi connectivity index (χ2n) is 14.4. The van der Waals surface area contributed by atoms with E-state index >= 15 is 0 Å². The van der Waals surface area contributed by atoms with Crippen molar-refractivity contribution >= 4 is 38.5 Å². The molecular formula is C42H39N. The van der Waals surface area contributed by atoms with Crippen LogP contribution in [0.1, 0.15) is 87.2 Å². The third-order valence-electron chi connectivity index (χ3n) is 11.5. The summed E-state index contributed by atoms with van der Waals surface area (Å²) in [6.07, 6.45) is 23.2. The molecule has 1 heterocycles. The first-order valence-electron chi connectivity index (χ1n) is 16.2. The largest absolute Gasteiger partial charge is 0.333 e. The molecule has 4 aromatic rings. The lowest BCUT2D eigenvalue weighted by molar-refractivity contribution is 0.394. The summed E-state index contributed by atoms with van der Waals surface area (Å²) in [5, 5.41) is 2.83. The Morgan fingerprint density at radius 3 is 2.51 bits per heavy atom. The van der Waals surface area contributed by atoms with Gasteiger partial charge in [0.25, 0.3) is 0 Å². The van der Waals surface area contributed by atoms with Gasteiger partial charge < -0.3 is 4.57 Å². The number of hydrogen-bond donors (Lipinski definition) is 0. The molecule has 2 atom stereocenters. The van der Waals surface area contributed by atoms with Crippen molar-refractivity contribution in [1.29, 1.82) is 0 Å². The van der Waals surface area contributed by atoms with Crippen LogP contribution < -0.4 is 0 Å². The number of rotatable bonds is 2. The van der Waals surface area contributed by atoms with Gasteiger partial charge in [-0.3, -0.25) is 0 Å². The highest BCUT2D eigenvalue weighted by Crippen LogP contribution is 2.62. The zero-order chi connectivity index (χ0) is 29.1. The van der Waals surface area contributed by atoms with E-state index < -0.39 is 0 Å². The molecule has 9 rings (SSSR count). The monoisotopic (exact) mass is 557 g/mol. The molecule has 1 nitrogen and oxygen atoms in total. The molecule has 0 amide bonds. The molecule has 0 N–H and O–H groups in total. The van der Waals surface area contributed by atoms with Crippen molar-refractivity contribution in [2.75, 3.05) is 0 Å². The van der Waals surface area contributed by atoms with Crippen molar-refractivity contribution in [3.63, 3.8) is 0 Å². The maximum Gasteiger partial charge on any atom is 0.0560 e. The fourth-order valence-corrected chi connectivity index (χ4v) is 9.20. The first-order valence-corrected chi connectivity index (χ1v) is 16.2. The molecule has 0 fully saturated rings. The Hall–Kier alpha value is -4.10. The van der Waals surface area contributed by atoms with Crippen molar-refractivity contribution in [2.45, 2.75) is 70.3 Å². The summed E-state index contributed by atoms with van der Waals surface area (Å²) in [5.41, 5.74) is 16.1. The van der Waals surface area contributed by atoms with E-state index in [1.165, 1.54) is 60.8 Å². The number of nitrogens with zero attached hydrogens (tertiary/aromatic N) is 1. The molecule has 0 saturated heterocycles. The zero-order valence-electron chi connectivity index (χ0n) is 25.7. The molecule has 212 valence electrons. The van der Waals surface area contributed by atoms with Gasteiger partial charge in [-0.2, -0.15) is 0 Å². The molecule has 5 aliphatic carbocycles. The van der Waals surface area contributed by atoms with Gasteiger partial charge in [-0.1, -0.05) is 118 Å². The Morgan fingerprint density at radius 1 is 0.837 bits per heavy atom. The van der Waals surface area contributed by atoms with E-state index in [1.807, 2.05) is 0 Å². The molecular weight excluding hydrogens is 518 g/mol. The predicted molar refractivity (Wildman–Crippen MR) is 183 cm³/mol. The lowest BCUT2D eigenvalue weighted by Crippen LogP contribution is -2.28. The van der Waals surface area contributed by atoms with Gasteiger partial charge in [0.15, 0.2) is 0 Å². The minimum atomic E-state index is -0.000110. The SMILES string of the molecule is CC1(C)C2=C(C=C3c4ccccc4C(C)(C)C3C2)c2c1ccc1c2c2cc(C3=CCCC=C3)ccc2n1C1C=CC=CC1. The van der Waals surface area contributed by atoms with Crippen molar-refractivity contribution < 1.29 is 0 Å². The topological polar surface area (TPSA) is 4.93 Å². The van der Waals surface area contributed by atoms with Gasteiger partial charge in [-0.05, 0) is 99.8 Å². The molecule has 2 unspecified atom stereocenters. The fourth-order valence-electron chi connectivity index (χ4n) is 9.20. The second-order valence-corrected chi connectivity index (χ2v) is 14.4. The Kier molecular flexibility index (Phi) is 5.16. The van der Waals surface area contributed by atoms with E-state index in [0.717, 1.165) is 25.7 Å². The third kappa shape index (κ3) is 3.34. The van der Waals surface area contributed by atoms with E-state index in [2.05, 4.69) is 135 Å². The van der Waals surface area contributed by atoms with Gasteiger partial charge in [-0.15, -0.1) is 0 Å². The van der Waals surface area contributed by atoms with Gasteiger partial charge in [0.2, 0.25) is 0 Å². The van der Waals surface area contributed by atoms with Crippen molar-refractivity contribution in [2.24, 2.45) is 5.92 Å². The molecule has 3 aromatic carbocycles. The van der Waals surface area contributed by atoms with Crippen LogP contribution in [-0.4, -0.2) is 4.57 Å². The summed E-state index contributed by atoms with van der Waals surface area (Å²) >= 11 is 0. The molecule has 0 saturated carbocycles. The first kappa shape index (κ1) is 25.4. The number of aromatic nitrogens is 1. The van der Waals surface area contributed by atoms with Crippen LogP contribution in [0.15, 0.2) is 109 Å². The quantitative estimate of drug-likeness (QED) is 0.231. The van der Waals surface area contributed by atoms with Crippen LogP contribution >= 0.6 is 0 Å². The fraction of sp³-hybridized carbons (Fsp3) is 0.286. The van der Waals surface area contributed by atoms with Crippen molar-refractivity contribution in [1.82, 2.24) is 4.57 Å². The molecule has 5 aliphatic rings. The standard InChI is InChI=1S/C42H39N/c1-41(2)33-18-12-11-17-29(33)30-24-31-36(25-35(30)41)42(3,4)34-20-22-38-40(39(31)34)32-23-27(26-13-7-5-8-14-26)19-21-37(32)43(38)28-15-9-6-10-16-28/h6-7,9-15,17-24,28,35H,5,8,16,25H2,1-4H3. The normalized spacial score (nSPS) is 24.2. The maximum absolute atomic E-state index is 2.62. The van der Waals surface area contributed by atoms with E-state index in [-0.39, 0.29) is 10.8 Å². The average molecular weight is 558 g/mol. The molecule has 43 heavy (non-hydrogen) atoms. The maximum atomic E-state index is 2.62. The van der Waals surface area contributed by atoms with E-state index in [4.69, 9.17) is 0 Å². The van der Waals surface area contributed by atoms with E-state index in [1.54, 1.807) is 11.1 Å². The third-order valence-corrected chi connectivity index (χ3v) is 11.5. The van der Waals surface area contributed by atoms with E-state index in [0.29, 0.717) is 12.0 Å². The molecule has 1 aromatic heterocycles. The summed E-state index contributed by atoms with van der Waals surface area (Å²) < 4.78 is 2.62. The second kappa shape index (κ2) is 8.73. The smallest absolute Gasteiger partial charge is 0.0560 e. The highest BCUT2D eigenvalue weighted by atomic mass is 15.0. The number of fused-ring (bicyclic) bond motifs is 9. The Labute approximate surface area is 255 Å². The minimum Gasteiger partial charge on any atom is -0.333 e. The lowest BCUT2D eigenvalue weighted by atomic mass is 9.68. The van der Waals surface area contributed by atoms with Crippen LogP contribution in [0.25, 0.3) is 38.5 Å². The van der Waals surface area contributed by atoms with Gasteiger partial charge in [-0.25, -0.2) is 0 Å². The summed E-state index contributed by atoms with van der Waals surface area (Å²) in [5.74, 6) is 0.518. The molecule has 0 bridgehead atoms. The summed E-state index contributed by atoms with van der Waals surface area (Å²) in [7, 11) is 0. The van der Waals surface area contributed by atoms with Crippen LogP contribution in [0.4, 0.5) is 0 Å². The highest BCUT2D eigenvalue weighted by Gasteiger charge is 2.49. The number of allylic oxidation sites excluding steroid dienone is 12. The van der Waals surface area contributed by atoms with Crippen molar-refractivity contribution in [3.8, 4) is 0 Å². The summed E-state index contributed by atoms with van der Waals surface area (Å²) in [6.45, 7) is 9.88. The summed E-state index contributed by atoms with van der Waals surface area (Å²) in [6, 6.07) is 21.6. The van der Waals surface area contributed by atoms with Gasteiger partial charge in [0.05, 0.1) is 11.6 Å². The molecule has 1 heteroatoms. The Morgan fingerprint density at radius 2 is 1.70 bits per heavy atom. The van der Waals surface area contributed by atoms with Gasteiger partial charge in [0, 0.05) is 21.7 Å². The van der Waals surface area contributed by atoms with Gasteiger partial charge in [0.1, 0.15) is 0 Å². The van der Waals surface area contributed by atoms with Crippen LogP contribution in [0, 0.1) is 5.92 Å². The molecule has 0 radical (unpaired) electrons. The van der Waals surface area contributed by atoms with Gasteiger partial charge >= 0.3 is 0 Å². The average Bonchev–Trinajstić information content (AvgIpc) is 3.57. The first-order chi connectivity index (χ1) is 20.9. The molecule has 0 aliphatic heterocycles. The summed E-state index contributed by atoms with van der Waals surface area (Å²) in [4.78, 5) is 0. The zero-order valence-corrected chi connectivity index (χ0v) is 25.7. The lowest BCUT2D eigenvalue weighted by Gasteiger charge is -2.35. The van der Waals surface area contributed by atoms with E-state index in [9.17, 15) is 0 Å². The Balaban J connectivity index is 1.35. The number of hydrogen-bond acceptors (Lipinski definition) is 0. The minimum absolute atomic E-state index is 0.000110.